The Morgan fingerprint density at radius 2 is 1.76 bits per heavy atom. The summed E-state index contributed by atoms with van der Waals surface area (Å²) in [5.41, 5.74) is 4.84. The fraction of sp³-hybridized carbons (Fsp3) is 0.395. The third-order valence-electron chi connectivity index (χ3n) is 12.2. The smallest absolute Gasteiger partial charge is 0.355 e. The molecule has 2 aromatic carbocycles. The molecule has 0 aliphatic heterocycles. The SMILES string of the molecule is CNCCOC12CC3(C)CC(C)(CC(Cn4ncc(-c5ccc(-c6ccc7cccc(C(=O)Nc8nc9ncccc9s8)c7c6)nc5C(=O)O)c4C)(C3)C1)C2. The Balaban J connectivity index is 1.01. The molecule has 4 saturated carbocycles. The van der Waals surface area contributed by atoms with Crippen molar-refractivity contribution in [3.63, 3.8) is 0 Å². The molecule has 6 aromatic rings. The van der Waals surface area contributed by atoms with Crippen molar-refractivity contribution in [2.75, 3.05) is 25.5 Å². The first-order valence-corrected chi connectivity index (χ1v) is 19.8. The Bertz CT molecular complexity index is 2460. The van der Waals surface area contributed by atoms with Crippen LogP contribution in [-0.2, 0) is 11.3 Å². The fourth-order valence-corrected chi connectivity index (χ4v) is 12.1. The van der Waals surface area contributed by atoms with Gasteiger partial charge in [0.2, 0.25) is 0 Å². The van der Waals surface area contributed by atoms with Crippen LogP contribution in [0.5, 0.6) is 0 Å². The number of aromatic carboxylic acids is 1. The van der Waals surface area contributed by atoms with E-state index in [4.69, 9.17) is 14.8 Å². The molecule has 0 saturated heterocycles. The number of carboxylic acid groups (broad SMARTS) is 1. The minimum atomic E-state index is -1.11. The first-order valence-electron chi connectivity index (χ1n) is 19.0. The van der Waals surface area contributed by atoms with Crippen molar-refractivity contribution in [2.45, 2.75) is 71.4 Å². The molecule has 282 valence electrons. The molecule has 2 unspecified atom stereocenters. The number of rotatable bonds is 11. The zero-order chi connectivity index (χ0) is 38.2. The Morgan fingerprint density at radius 1 is 0.945 bits per heavy atom. The molecule has 55 heavy (non-hydrogen) atoms. The van der Waals surface area contributed by atoms with E-state index < -0.39 is 5.97 Å². The Hall–Kier alpha value is -5.04. The summed E-state index contributed by atoms with van der Waals surface area (Å²) >= 11 is 1.36. The quantitative estimate of drug-likeness (QED) is 0.111. The molecule has 3 N–H and O–H groups in total. The predicted octanol–water partition coefficient (Wildman–Crippen LogP) is 8.38. The summed E-state index contributed by atoms with van der Waals surface area (Å²) in [6.07, 6.45) is 10.2. The zero-order valence-corrected chi connectivity index (χ0v) is 32.4. The Labute approximate surface area is 323 Å². The van der Waals surface area contributed by atoms with Crippen LogP contribution in [0.4, 0.5) is 5.13 Å². The van der Waals surface area contributed by atoms with E-state index in [0.29, 0.717) is 39.8 Å². The molecular formula is C43H45N7O4S. The number of hydrogen-bond acceptors (Lipinski definition) is 9. The molecule has 1 amide bonds. The van der Waals surface area contributed by atoms with Gasteiger partial charge in [-0.3, -0.25) is 14.8 Å². The number of carbonyl (C=O) groups is 2. The Kier molecular flexibility index (Phi) is 8.45. The van der Waals surface area contributed by atoms with Gasteiger partial charge in [-0.1, -0.05) is 49.4 Å². The maximum absolute atomic E-state index is 13.6. The van der Waals surface area contributed by atoms with E-state index >= 15 is 0 Å². The predicted molar refractivity (Wildman–Crippen MR) is 214 cm³/mol. The number of hydrogen-bond donors (Lipinski definition) is 3. The van der Waals surface area contributed by atoms with Gasteiger partial charge < -0.3 is 15.2 Å². The van der Waals surface area contributed by atoms with Crippen molar-refractivity contribution < 1.29 is 19.4 Å². The summed E-state index contributed by atoms with van der Waals surface area (Å²) in [7, 11) is 1.97. The highest BCUT2D eigenvalue weighted by Crippen LogP contribution is 2.72. The van der Waals surface area contributed by atoms with Crippen LogP contribution in [-0.4, -0.2) is 67.5 Å². The maximum atomic E-state index is 13.6. The minimum absolute atomic E-state index is 0.0394. The highest BCUT2D eigenvalue weighted by atomic mass is 32.1. The van der Waals surface area contributed by atoms with Gasteiger partial charge in [0, 0.05) is 47.2 Å². The summed E-state index contributed by atoms with van der Waals surface area (Å²) in [6.45, 7) is 9.27. The van der Waals surface area contributed by atoms with Crippen LogP contribution in [0.15, 0.2) is 73.1 Å². The average molecular weight is 756 g/mol. The number of likely N-dealkylation sites (N-methyl/N-ethyl adjacent to an activating group) is 1. The lowest BCUT2D eigenvalue weighted by Crippen LogP contribution is -2.64. The van der Waals surface area contributed by atoms with Crippen LogP contribution in [0, 0.1) is 23.2 Å². The van der Waals surface area contributed by atoms with Gasteiger partial charge in [0.25, 0.3) is 5.91 Å². The minimum Gasteiger partial charge on any atom is -0.476 e. The number of fused-ring (bicyclic) bond motifs is 2. The van der Waals surface area contributed by atoms with E-state index in [2.05, 4.69) is 39.1 Å². The summed E-state index contributed by atoms with van der Waals surface area (Å²) in [5, 5.41) is 23.6. The lowest BCUT2D eigenvalue weighted by Gasteiger charge is -2.69. The van der Waals surface area contributed by atoms with Gasteiger partial charge in [-0.2, -0.15) is 10.1 Å². The number of benzene rings is 2. The molecule has 2 atom stereocenters. The van der Waals surface area contributed by atoms with Gasteiger partial charge in [-0.05, 0) is 116 Å². The van der Waals surface area contributed by atoms with Gasteiger partial charge in [0.1, 0.15) is 0 Å². The first-order chi connectivity index (χ1) is 26.4. The van der Waals surface area contributed by atoms with Crippen molar-refractivity contribution in [1.82, 2.24) is 30.0 Å². The molecular weight excluding hydrogens is 711 g/mol. The molecule has 11 nitrogen and oxygen atoms in total. The standard InChI is InChI=1S/C43H45N7O4S/c1-26-32(18-46-50(26)25-42-20-40(2)19-41(3,21-42)23-43(22-40,24-42)54-16-15-44-4)29-12-13-33(47-35(29)38(52)53)28-11-10-27-7-5-8-30(31(27)17-28)37(51)49-39-48-36-34(55-39)9-6-14-45-36/h5-14,17-18,44H,15-16,19-25H2,1-4H3,(H,52,53)(H,45,48,49,51). The summed E-state index contributed by atoms with van der Waals surface area (Å²) in [6, 6.07) is 18.7. The second-order valence-corrected chi connectivity index (χ2v) is 18.1. The number of pyridine rings is 2. The van der Waals surface area contributed by atoms with Crippen LogP contribution in [0.2, 0.25) is 0 Å². The van der Waals surface area contributed by atoms with Gasteiger partial charge in [0.05, 0.1) is 28.8 Å². The second kappa shape index (κ2) is 13.0. The van der Waals surface area contributed by atoms with Gasteiger partial charge in [-0.15, -0.1) is 0 Å². The van der Waals surface area contributed by atoms with Crippen LogP contribution < -0.4 is 10.6 Å². The normalized spacial score (nSPS) is 25.5. The summed E-state index contributed by atoms with van der Waals surface area (Å²) < 4.78 is 9.74. The van der Waals surface area contributed by atoms with E-state index in [9.17, 15) is 14.7 Å². The van der Waals surface area contributed by atoms with Crippen molar-refractivity contribution in [3.8, 4) is 22.4 Å². The zero-order valence-electron chi connectivity index (χ0n) is 31.6. The number of aromatic nitrogens is 5. The molecule has 4 aliphatic carbocycles. The van der Waals surface area contributed by atoms with Crippen molar-refractivity contribution >= 4 is 49.5 Å². The molecule has 4 bridgehead atoms. The van der Waals surface area contributed by atoms with E-state index in [-0.39, 0.29) is 33.4 Å². The number of nitrogens with zero attached hydrogens (tertiary/aromatic N) is 5. The third-order valence-corrected chi connectivity index (χ3v) is 13.1. The number of ether oxygens (including phenoxy) is 1. The molecule has 4 aliphatic rings. The number of amides is 1. The Morgan fingerprint density at radius 3 is 2.53 bits per heavy atom. The average Bonchev–Trinajstić information content (AvgIpc) is 3.71. The monoisotopic (exact) mass is 755 g/mol. The van der Waals surface area contributed by atoms with Crippen LogP contribution >= 0.6 is 11.3 Å². The largest absolute Gasteiger partial charge is 0.476 e. The van der Waals surface area contributed by atoms with Crippen LogP contribution in [0.25, 0.3) is 43.5 Å². The highest BCUT2D eigenvalue weighted by Gasteiger charge is 2.66. The molecule has 4 aromatic heterocycles. The first kappa shape index (κ1) is 35.6. The lowest BCUT2D eigenvalue weighted by atomic mass is 9.39. The molecule has 0 spiro atoms. The van der Waals surface area contributed by atoms with Crippen LogP contribution in [0.3, 0.4) is 0 Å². The summed E-state index contributed by atoms with van der Waals surface area (Å²) in [5.74, 6) is -1.41. The van der Waals surface area contributed by atoms with E-state index in [0.717, 1.165) is 71.9 Å². The molecule has 0 radical (unpaired) electrons. The summed E-state index contributed by atoms with van der Waals surface area (Å²) in [4.78, 5) is 39.8. The van der Waals surface area contributed by atoms with Gasteiger partial charge >= 0.3 is 5.97 Å². The van der Waals surface area contributed by atoms with Crippen molar-refractivity contribution in [2.24, 2.45) is 16.2 Å². The maximum Gasteiger partial charge on any atom is 0.355 e. The second-order valence-electron chi connectivity index (χ2n) is 17.1. The van der Waals surface area contributed by atoms with Crippen molar-refractivity contribution in [3.05, 3.63) is 90.0 Å². The van der Waals surface area contributed by atoms with Crippen molar-refractivity contribution in [1.29, 1.82) is 0 Å². The molecule has 4 fully saturated rings. The number of nitrogens with one attached hydrogen (secondary N) is 2. The van der Waals surface area contributed by atoms with Gasteiger partial charge in [-0.25, -0.2) is 14.8 Å². The number of carboxylic acids is 1. The van der Waals surface area contributed by atoms with E-state index in [1.54, 1.807) is 18.5 Å². The fourth-order valence-electron chi connectivity index (χ4n) is 11.3. The topological polar surface area (TPSA) is 144 Å². The third kappa shape index (κ3) is 6.39. The lowest BCUT2D eigenvalue weighted by molar-refractivity contribution is -0.247. The van der Waals surface area contributed by atoms with E-state index in [1.165, 1.54) is 17.8 Å². The van der Waals surface area contributed by atoms with Crippen LogP contribution in [0.1, 0.15) is 78.9 Å². The molecule has 4 heterocycles. The van der Waals surface area contributed by atoms with Gasteiger partial charge in [0.15, 0.2) is 16.5 Å². The van der Waals surface area contributed by atoms with E-state index in [1.807, 2.05) is 68.6 Å². The number of carbonyl (C=O) groups excluding carboxylic acids is 1. The molecule has 10 rings (SSSR count). The number of thiazole rings is 1. The highest BCUT2D eigenvalue weighted by molar-refractivity contribution is 7.22. The molecule has 12 heteroatoms. The number of anilines is 1.